The highest BCUT2D eigenvalue weighted by Crippen LogP contribution is 2.23. The molecule has 0 radical (unpaired) electrons. The number of benzene rings is 1. The maximum absolute atomic E-state index is 11.8. The molecule has 0 saturated carbocycles. The quantitative estimate of drug-likeness (QED) is 0.789. The van der Waals surface area contributed by atoms with Gasteiger partial charge in [-0.05, 0) is 12.1 Å². The van der Waals surface area contributed by atoms with Crippen LogP contribution in [0.3, 0.4) is 0 Å². The number of methoxy groups -OCH3 is 1. The lowest BCUT2D eigenvalue weighted by Crippen LogP contribution is -2.36. The number of nitrogens with zero attached hydrogens (tertiary/aromatic N) is 1. The zero-order valence-electron chi connectivity index (χ0n) is 10.4. The van der Waals surface area contributed by atoms with Gasteiger partial charge in [0, 0.05) is 27.7 Å². The lowest BCUT2D eigenvalue weighted by atomic mass is 10.2. The zero-order chi connectivity index (χ0) is 12.8. The fourth-order valence-electron chi connectivity index (χ4n) is 1.49. The van der Waals surface area contributed by atoms with Crippen LogP contribution >= 0.6 is 0 Å². The molecule has 0 heterocycles. The Morgan fingerprint density at radius 2 is 2.12 bits per heavy atom. The number of para-hydroxylation sites is 2. The average molecular weight is 237 g/mol. The molecule has 0 spiro atoms. The van der Waals surface area contributed by atoms with Crippen LogP contribution in [0.5, 0.6) is 0 Å². The fourth-order valence-corrected chi connectivity index (χ4v) is 1.49. The van der Waals surface area contributed by atoms with Gasteiger partial charge in [-0.1, -0.05) is 12.1 Å². The number of carbonyl (C=O) groups excluding carboxylic acids is 1. The first kappa shape index (κ1) is 13.5. The van der Waals surface area contributed by atoms with Crippen LogP contribution in [0.25, 0.3) is 0 Å². The van der Waals surface area contributed by atoms with Crippen molar-refractivity contribution >= 4 is 17.3 Å². The summed E-state index contributed by atoms with van der Waals surface area (Å²) in [4.78, 5) is 13.7. The molecule has 0 fully saturated rings. The lowest BCUT2D eigenvalue weighted by molar-refractivity contribution is -0.125. The number of carbonyl (C=O) groups is 1. The van der Waals surface area contributed by atoms with Crippen molar-refractivity contribution in [1.29, 1.82) is 0 Å². The van der Waals surface area contributed by atoms with E-state index in [9.17, 15) is 4.79 Å². The average Bonchev–Trinajstić information content (AvgIpc) is 2.31. The molecule has 1 aromatic rings. The van der Waals surface area contributed by atoms with E-state index in [0.717, 1.165) is 11.4 Å². The molecule has 17 heavy (non-hydrogen) atoms. The van der Waals surface area contributed by atoms with E-state index >= 15 is 0 Å². The van der Waals surface area contributed by atoms with Gasteiger partial charge in [-0.25, -0.2) is 0 Å². The Balaban J connectivity index is 2.84. The van der Waals surface area contributed by atoms with Gasteiger partial charge in [0.1, 0.15) is 6.10 Å². The van der Waals surface area contributed by atoms with Crippen LogP contribution in [0.15, 0.2) is 24.3 Å². The zero-order valence-corrected chi connectivity index (χ0v) is 10.4. The van der Waals surface area contributed by atoms with E-state index < -0.39 is 6.10 Å². The van der Waals surface area contributed by atoms with E-state index in [0.29, 0.717) is 0 Å². The van der Waals surface area contributed by atoms with Gasteiger partial charge in [0.25, 0.3) is 5.91 Å². The largest absolute Gasteiger partial charge is 0.376 e. The Hall–Kier alpha value is -1.59. The van der Waals surface area contributed by atoms with Gasteiger partial charge in [0.15, 0.2) is 0 Å². The number of rotatable bonds is 5. The van der Waals surface area contributed by atoms with E-state index in [1.165, 1.54) is 7.11 Å². The van der Waals surface area contributed by atoms with Gasteiger partial charge in [-0.2, -0.15) is 0 Å². The van der Waals surface area contributed by atoms with Crippen LogP contribution in [-0.4, -0.2) is 39.8 Å². The minimum Gasteiger partial charge on any atom is -0.376 e. The molecule has 0 bridgehead atoms. The molecule has 3 N–H and O–H groups in total. The van der Waals surface area contributed by atoms with E-state index in [2.05, 4.69) is 5.32 Å². The minimum absolute atomic E-state index is 0.159. The first-order valence-corrected chi connectivity index (χ1v) is 5.40. The van der Waals surface area contributed by atoms with Crippen molar-refractivity contribution in [3.05, 3.63) is 24.3 Å². The fraction of sp³-hybridized carbons (Fsp3) is 0.417. The highest BCUT2D eigenvalue weighted by atomic mass is 16.5. The van der Waals surface area contributed by atoms with E-state index in [1.807, 2.05) is 43.3 Å². The van der Waals surface area contributed by atoms with Gasteiger partial charge in [-0.3, -0.25) is 4.79 Å². The van der Waals surface area contributed by atoms with Crippen LogP contribution in [-0.2, 0) is 9.53 Å². The summed E-state index contributed by atoms with van der Waals surface area (Å²) in [6.45, 7) is 0.159. The van der Waals surface area contributed by atoms with Crippen molar-refractivity contribution in [2.24, 2.45) is 5.73 Å². The minimum atomic E-state index is -0.620. The molecular weight excluding hydrogens is 218 g/mol. The Labute approximate surface area is 102 Å². The first-order valence-electron chi connectivity index (χ1n) is 5.40. The molecular formula is C12H19N3O2. The summed E-state index contributed by atoms with van der Waals surface area (Å²) in [5.41, 5.74) is 7.13. The third-order valence-electron chi connectivity index (χ3n) is 2.43. The number of hydrogen-bond acceptors (Lipinski definition) is 4. The van der Waals surface area contributed by atoms with Crippen molar-refractivity contribution in [3.8, 4) is 0 Å². The lowest BCUT2D eigenvalue weighted by Gasteiger charge is -2.19. The molecule has 5 heteroatoms. The Morgan fingerprint density at radius 1 is 1.47 bits per heavy atom. The van der Waals surface area contributed by atoms with Crippen molar-refractivity contribution < 1.29 is 9.53 Å². The van der Waals surface area contributed by atoms with Crippen molar-refractivity contribution in [2.45, 2.75) is 6.10 Å². The molecule has 0 aliphatic rings. The Bertz CT molecular complexity index is 376. The molecule has 0 aliphatic carbocycles. The smallest absolute Gasteiger partial charge is 0.254 e. The maximum Gasteiger partial charge on any atom is 0.254 e. The summed E-state index contributed by atoms with van der Waals surface area (Å²) in [6, 6.07) is 7.56. The normalized spacial score (nSPS) is 12.0. The number of amides is 1. The molecule has 1 amide bonds. The first-order chi connectivity index (χ1) is 8.10. The van der Waals surface area contributed by atoms with Crippen molar-refractivity contribution in [3.63, 3.8) is 0 Å². The van der Waals surface area contributed by atoms with Gasteiger partial charge < -0.3 is 20.7 Å². The van der Waals surface area contributed by atoms with Gasteiger partial charge >= 0.3 is 0 Å². The van der Waals surface area contributed by atoms with Gasteiger partial charge in [0.05, 0.1) is 11.4 Å². The number of nitrogens with two attached hydrogens (primary N) is 1. The topological polar surface area (TPSA) is 67.6 Å². The van der Waals surface area contributed by atoms with Crippen LogP contribution in [0.2, 0.25) is 0 Å². The summed E-state index contributed by atoms with van der Waals surface area (Å²) in [5.74, 6) is -0.232. The molecule has 1 aromatic carbocycles. The van der Waals surface area contributed by atoms with Crippen molar-refractivity contribution in [2.75, 3.05) is 38.0 Å². The summed E-state index contributed by atoms with van der Waals surface area (Å²) in [7, 11) is 5.30. The van der Waals surface area contributed by atoms with E-state index in [-0.39, 0.29) is 12.5 Å². The van der Waals surface area contributed by atoms with Crippen LogP contribution in [0.1, 0.15) is 0 Å². The third-order valence-corrected chi connectivity index (χ3v) is 2.43. The second kappa shape index (κ2) is 6.22. The Kier molecular flexibility index (Phi) is 4.93. The van der Waals surface area contributed by atoms with Crippen LogP contribution in [0.4, 0.5) is 11.4 Å². The van der Waals surface area contributed by atoms with E-state index in [1.54, 1.807) is 0 Å². The monoisotopic (exact) mass is 237 g/mol. The number of hydrogen-bond donors (Lipinski definition) is 2. The third kappa shape index (κ3) is 3.44. The summed E-state index contributed by atoms with van der Waals surface area (Å²) in [5, 5.41) is 2.81. The molecule has 1 unspecified atom stereocenters. The predicted molar refractivity (Wildman–Crippen MR) is 69.3 cm³/mol. The Morgan fingerprint density at radius 3 is 2.65 bits per heavy atom. The highest BCUT2D eigenvalue weighted by molar-refractivity contribution is 5.97. The second-order valence-corrected chi connectivity index (χ2v) is 3.86. The summed E-state index contributed by atoms with van der Waals surface area (Å²) >= 11 is 0. The van der Waals surface area contributed by atoms with Crippen molar-refractivity contribution in [1.82, 2.24) is 0 Å². The molecule has 0 saturated heterocycles. The van der Waals surface area contributed by atoms with E-state index in [4.69, 9.17) is 10.5 Å². The predicted octanol–water partition coefficient (Wildman–Crippen LogP) is 0.665. The van der Waals surface area contributed by atoms with Gasteiger partial charge in [-0.15, -0.1) is 0 Å². The van der Waals surface area contributed by atoms with Gasteiger partial charge in [0.2, 0.25) is 0 Å². The molecule has 1 rings (SSSR count). The maximum atomic E-state index is 11.8. The standard InChI is InChI=1S/C12H19N3O2/c1-15(2)10-7-5-4-6-9(10)14-12(16)11(8-13)17-3/h4-7,11H,8,13H2,1-3H3,(H,14,16). The summed E-state index contributed by atoms with van der Waals surface area (Å²) < 4.78 is 4.98. The summed E-state index contributed by atoms with van der Waals surface area (Å²) in [6.07, 6.45) is -0.620. The second-order valence-electron chi connectivity index (χ2n) is 3.86. The SMILES string of the molecule is COC(CN)C(=O)Nc1ccccc1N(C)C. The number of anilines is 2. The molecule has 94 valence electrons. The molecule has 5 nitrogen and oxygen atoms in total. The molecule has 0 aromatic heterocycles. The highest BCUT2D eigenvalue weighted by Gasteiger charge is 2.17. The molecule has 1 atom stereocenters. The molecule has 0 aliphatic heterocycles. The number of ether oxygens (including phenoxy) is 1. The van der Waals surface area contributed by atoms with Crippen LogP contribution in [0, 0.1) is 0 Å². The number of nitrogens with one attached hydrogen (secondary N) is 1. The van der Waals surface area contributed by atoms with Crippen LogP contribution < -0.4 is 16.0 Å².